The first-order valence-corrected chi connectivity index (χ1v) is 8.40. The highest BCUT2D eigenvalue weighted by molar-refractivity contribution is 5.98. The number of benzene rings is 2. The van der Waals surface area contributed by atoms with Crippen LogP contribution in [0.25, 0.3) is 0 Å². The van der Waals surface area contributed by atoms with E-state index >= 15 is 0 Å². The summed E-state index contributed by atoms with van der Waals surface area (Å²) in [5.74, 6) is -0.822. The number of rotatable bonds is 8. The number of nitrogens with one attached hydrogen (secondary N) is 2. The first kappa shape index (κ1) is 21.1. The van der Waals surface area contributed by atoms with Gasteiger partial charge in [-0.3, -0.25) is 9.59 Å². The molecule has 0 saturated heterocycles. The minimum absolute atomic E-state index is 0.0938. The Bertz CT molecular complexity index is 808. The molecule has 9 heteroatoms. The van der Waals surface area contributed by atoms with E-state index in [1.807, 2.05) is 0 Å². The second-order valence-corrected chi connectivity index (χ2v) is 5.58. The zero-order valence-corrected chi connectivity index (χ0v) is 15.0. The lowest BCUT2D eigenvalue weighted by Gasteiger charge is -2.11. The predicted molar refractivity (Wildman–Crippen MR) is 94.9 cm³/mol. The van der Waals surface area contributed by atoms with Crippen LogP contribution in [-0.4, -0.2) is 31.3 Å². The number of hydrogen-bond donors (Lipinski definition) is 2. The monoisotopic (exact) mass is 396 g/mol. The third-order valence-electron chi connectivity index (χ3n) is 3.49. The summed E-state index contributed by atoms with van der Waals surface area (Å²) >= 11 is 0. The average Bonchev–Trinajstić information content (AvgIpc) is 2.65. The molecule has 0 aliphatic heterocycles. The number of carbonyl (C=O) groups is 2. The Labute approximate surface area is 159 Å². The van der Waals surface area contributed by atoms with E-state index in [9.17, 15) is 22.8 Å². The first-order chi connectivity index (χ1) is 13.3. The molecule has 0 heterocycles. The molecule has 0 saturated carbocycles. The third kappa shape index (κ3) is 6.82. The van der Waals surface area contributed by atoms with Crippen molar-refractivity contribution in [2.45, 2.75) is 19.8 Å². The van der Waals surface area contributed by atoms with Crippen molar-refractivity contribution in [1.29, 1.82) is 0 Å². The van der Waals surface area contributed by atoms with Crippen LogP contribution >= 0.6 is 0 Å². The van der Waals surface area contributed by atoms with Crippen LogP contribution in [0.2, 0.25) is 0 Å². The zero-order chi connectivity index (χ0) is 20.6. The van der Waals surface area contributed by atoms with Crippen LogP contribution in [0.1, 0.15) is 22.8 Å². The topological polar surface area (TPSA) is 76.7 Å². The van der Waals surface area contributed by atoms with Gasteiger partial charge in [-0.15, -0.1) is 13.2 Å². The molecule has 0 fully saturated rings. The van der Waals surface area contributed by atoms with Crippen molar-refractivity contribution in [3.05, 3.63) is 59.7 Å². The Balaban J connectivity index is 1.81. The van der Waals surface area contributed by atoms with Crippen molar-refractivity contribution >= 4 is 11.8 Å². The fourth-order valence-electron chi connectivity index (χ4n) is 2.26. The second kappa shape index (κ2) is 9.63. The molecule has 2 N–H and O–H groups in total. The zero-order valence-electron chi connectivity index (χ0n) is 15.0. The van der Waals surface area contributed by atoms with Crippen molar-refractivity contribution in [2.24, 2.45) is 0 Å². The van der Waals surface area contributed by atoms with Crippen molar-refractivity contribution in [1.82, 2.24) is 10.6 Å². The van der Waals surface area contributed by atoms with Crippen LogP contribution < -0.4 is 20.1 Å². The van der Waals surface area contributed by atoms with Gasteiger partial charge in [0.1, 0.15) is 11.5 Å². The first-order valence-electron chi connectivity index (χ1n) is 8.40. The van der Waals surface area contributed by atoms with Gasteiger partial charge in [-0.25, -0.2) is 0 Å². The predicted octanol–water partition coefficient (Wildman–Crippen LogP) is 3.03. The van der Waals surface area contributed by atoms with E-state index in [0.29, 0.717) is 23.5 Å². The van der Waals surface area contributed by atoms with Crippen LogP contribution in [0.15, 0.2) is 48.5 Å². The van der Waals surface area contributed by atoms with Crippen LogP contribution in [0.4, 0.5) is 13.2 Å². The largest absolute Gasteiger partial charge is 0.573 e. The van der Waals surface area contributed by atoms with Gasteiger partial charge < -0.3 is 20.1 Å². The van der Waals surface area contributed by atoms with Crippen LogP contribution in [0.3, 0.4) is 0 Å². The van der Waals surface area contributed by atoms with Gasteiger partial charge in [0.15, 0.2) is 0 Å². The summed E-state index contributed by atoms with van der Waals surface area (Å²) in [5.41, 5.74) is 0.897. The minimum atomic E-state index is -4.76. The Morgan fingerprint density at radius 1 is 1.00 bits per heavy atom. The van der Waals surface area contributed by atoms with Crippen molar-refractivity contribution < 1.29 is 32.2 Å². The summed E-state index contributed by atoms with van der Waals surface area (Å²) in [6.45, 7) is 2.03. The molecule has 0 aliphatic carbocycles. The SMILES string of the molecule is CCOc1ccccc1C(=O)NCC(=O)NCc1ccc(OC(F)(F)F)cc1. The maximum atomic E-state index is 12.2. The number of ether oxygens (including phenoxy) is 2. The van der Waals surface area contributed by atoms with Gasteiger partial charge in [0, 0.05) is 6.54 Å². The van der Waals surface area contributed by atoms with E-state index in [2.05, 4.69) is 15.4 Å². The molecule has 0 spiro atoms. The Hall–Kier alpha value is -3.23. The normalized spacial score (nSPS) is 10.9. The summed E-state index contributed by atoms with van der Waals surface area (Å²) in [6, 6.07) is 11.8. The number of halogens is 3. The van der Waals surface area contributed by atoms with Gasteiger partial charge in [0.25, 0.3) is 5.91 Å². The molecule has 0 unspecified atom stereocenters. The van der Waals surface area contributed by atoms with Gasteiger partial charge in [-0.1, -0.05) is 24.3 Å². The molecule has 0 aromatic heterocycles. The van der Waals surface area contributed by atoms with E-state index in [4.69, 9.17) is 4.74 Å². The van der Waals surface area contributed by atoms with Gasteiger partial charge >= 0.3 is 6.36 Å². The van der Waals surface area contributed by atoms with Gasteiger partial charge in [0.2, 0.25) is 5.91 Å². The molecular weight excluding hydrogens is 377 g/mol. The number of para-hydroxylation sites is 1. The highest BCUT2D eigenvalue weighted by Crippen LogP contribution is 2.22. The smallest absolute Gasteiger partial charge is 0.493 e. The van der Waals surface area contributed by atoms with Crippen LogP contribution in [0.5, 0.6) is 11.5 Å². The lowest BCUT2D eigenvalue weighted by molar-refractivity contribution is -0.274. The van der Waals surface area contributed by atoms with Crippen LogP contribution in [-0.2, 0) is 11.3 Å². The van der Waals surface area contributed by atoms with E-state index in [1.165, 1.54) is 12.1 Å². The minimum Gasteiger partial charge on any atom is -0.493 e. The number of amides is 2. The molecule has 0 aliphatic rings. The molecule has 6 nitrogen and oxygen atoms in total. The number of alkyl halides is 3. The average molecular weight is 396 g/mol. The summed E-state index contributed by atoms with van der Waals surface area (Å²) in [5, 5.41) is 5.06. The fraction of sp³-hybridized carbons (Fsp3) is 0.263. The summed E-state index contributed by atoms with van der Waals surface area (Å²) in [4.78, 5) is 24.1. The molecule has 2 amide bonds. The summed E-state index contributed by atoms with van der Waals surface area (Å²) in [6.07, 6.45) is -4.76. The fourth-order valence-corrected chi connectivity index (χ4v) is 2.26. The van der Waals surface area contributed by atoms with Crippen molar-refractivity contribution in [2.75, 3.05) is 13.2 Å². The van der Waals surface area contributed by atoms with E-state index in [-0.39, 0.29) is 18.8 Å². The maximum Gasteiger partial charge on any atom is 0.573 e. The van der Waals surface area contributed by atoms with Gasteiger partial charge in [-0.05, 0) is 36.8 Å². The quantitative estimate of drug-likeness (QED) is 0.719. The summed E-state index contributed by atoms with van der Waals surface area (Å²) < 4.78 is 45.5. The second-order valence-electron chi connectivity index (χ2n) is 5.58. The Kier molecular flexibility index (Phi) is 7.25. The molecule has 2 rings (SSSR count). The number of carbonyl (C=O) groups excluding carboxylic acids is 2. The molecule has 28 heavy (non-hydrogen) atoms. The van der Waals surface area contributed by atoms with E-state index in [1.54, 1.807) is 31.2 Å². The molecule has 0 radical (unpaired) electrons. The maximum absolute atomic E-state index is 12.2. The van der Waals surface area contributed by atoms with E-state index < -0.39 is 18.2 Å². The van der Waals surface area contributed by atoms with Crippen molar-refractivity contribution in [3.8, 4) is 11.5 Å². The van der Waals surface area contributed by atoms with Crippen LogP contribution in [0, 0.1) is 0 Å². The molecule has 150 valence electrons. The standard InChI is InChI=1S/C19H19F3N2O4/c1-2-27-16-6-4-3-5-15(16)18(26)24-12-17(25)23-11-13-7-9-14(10-8-13)28-19(20,21)22/h3-10H,2,11-12H2,1H3,(H,23,25)(H,24,26). The lowest BCUT2D eigenvalue weighted by atomic mass is 10.2. The molecule has 2 aromatic carbocycles. The number of hydrogen-bond acceptors (Lipinski definition) is 4. The van der Waals surface area contributed by atoms with E-state index in [0.717, 1.165) is 12.1 Å². The third-order valence-corrected chi connectivity index (χ3v) is 3.49. The highest BCUT2D eigenvalue weighted by Gasteiger charge is 2.30. The molecule has 0 atom stereocenters. The highest BCUT2D eigenvalue weighted by atomic mass is 19.4. The summed E-state index contributed by atoms with van der Waals surface area (Å²) in [7, 11) is 0. The lowest BCUT2D eigenvalue weighted by Crippen LogP contribution is -2.36. The molecule has 0 bridgehead atoms. The Morgan fingerprint density at radius 3 is 2.32 bits per heavy atom. The molecule has 2 aromatic rings. The van der Waals surface area contributed by atoms with Crippen molar-refractivity contribution in [3.63, 3.8) is 0 Å². The Morgan fingerprint density at radius 2 is 1.68 bits per heavy atom. The van der Waals surface area contributed by atoms with Gasteiger partial charge in [0.05, 0.1) is 18.7 Å². The van der Waals surface area contributed by atoms with Gasteiger partial charge in [-0.2, -0.15) is 0 Å². The molecular formula is C19H19F3N2O4.